The predicted molar refractivity (Wildman–Crippen MR) is 94.2 cm³/mol. The summed E-state index contributed by atoms with van der Waals surface area (Å²) in [5, 5.41) is 9.86. The standard InChI is InChI=1S/C19H21ClO4/c1-2-23-18(22)10-5-11-24-16-8-3-6-14(12-16)17-9-4-7-15(13-21)19(17)20/h3-4,6-9,12,21H,2,5,10-11,13H2,1H3. The van der Waals surface area contributed by atoms with Crippen molar-refractivity contribution in [3.05, 3.63) is 53.1 Å². The van der Waals surface area contributed by atoms with Gasteiger partial charge in [-0.3, -0.25) is 4.79 Å². The molecule has 0 unspecified atom stereocenters. The van der Waals surface area contributed by atoms with E-state index in [-0.39, 0.29) is 12.6 Å². The first-order valence-corrected chi connectivity index (χ1v) is 8.30. The molecule has 2 rings (SSSR count). The molecule has 0 aliphatic carbocycles. The molecule has 24 heavy (non-hydrogen) atoms. The maximum atomic E-state index is 11.3. The average molecular weight is 349 g/mol. The molecule has 0 spiro atoms. The van der Waals surface area contributed by atoms with Crippen molar-refractivity contribution in [3.8, 4) is 16.9 Å². The minimum atomic E-state index is -0.206. The van der Waals surface area contributed by atoms with E-state index in [1.54, 1.807) is 13.0 Å². The second-order valence-corrected chi connectivity index (χ2v) is 5.60. The first-order chi connectivity index (χ1) is 11.7. The summed E-state index contributed by atoms with van der Waals surface area (Å²) in [6.07, 6.45) is 0.946. The molecule has 0 heterocycles. The van der Waals surface area contributed by atoms with E-state index in [9.17, 15) is 9.90 Å². The monoisotopic (exact) mass is 348 g/mol. The molecular weight excluding hydrogens is 328 g/mol. The summed E-state index contributed by atoms with van der Waals surface area (Å²) in [5.74, 6) is 0.504. The molecule has 0 fully saturated rings. The number of hydrogen-bond acceptors (Lipinski definition) is 4. The number of esters is 1. The quantitative estimate of drug-likeness (QED) is 0.573. The largest absolute Gasteiger partial charge is 0.494 e. The zero-order valence-corrected chi connectivity index (χ0v) is 14.4. The fourth-order valence-corrected chi connectivity index (χ4v) is 2.61. The first kappa shape index (κ1) is 18.3. The molecule has 128 valence electrons. The van der Waals surface area contributed by atoms with Crippen molar-refractivity contribution in [3.63, 3.8) is 0 Å². The third-order valence-corrected chi connectivity index (χ3v) is 3.94. The summed E-state index contributed by atoms with van der Waals surface area (Å²) in [6, 6.07) is 13.1. The van der Waals surface area contributed by atoms with Gasteiger partial charge in [0.1, 0.15) is 5.75 Å². The Labute approximate surface area is 147 Å². The molecule has 2 aromatic carbocycles. The second kappa shape index (κ2) is 9.30. The predicted octanol–water partition coefficient (Wildman–Crippen LogP) is 4.22. The van der Waals surface area contributed by atoms with Gasteiger partial charge in [0.2, 0.25) is 0 Å². The Morgan fingerprint density at radius 3 is 2.75 bits per heavy atom. The molecule has 0 atom stereocenters. The van der Waals surface area contributed by atoms with Crippen LogP contribution in [0.3, 0.4) is 0 Å². The molecule has 2 aromatic rings. The maximum absolute atomic E-state index is 11.3. The lowest BCUT2D eigenvalue weighted by molar-refractivity contribution is -0.143. The van der Waals surface area contributed by atoms with Crippen LogP contribution in [-0.4, -0.2) is 24.3 Å². The van der Waals surface area contributed by atoms with Crippen molar-refractivity contribution >= 4 is 17.6 Å². The summed E-state index contributed by atoms with van der Waals surface area (Å²) in [6.45, 7) is 2.52. The van der Waals surface area contributed by atoms with Crippen LogP contribution in [0.15, 0.2) is 42.5 Å². The van der Waals surface area contributed by atoms with Gasteiger partial charge in [-0.15, -0.1) is 0 Å². The lowest BCUT2D eigenvalue weighted by Gasteiger charge is -2.11. The normalized spacial score (nSPS) is 10.5. The highest BCUT2D eigenvalue weighted by atomic mass is 35.5. The van der Waals surface area contributed by atoms with E-state index in [0.29, 0.717) is 42.4 Å². The lowest BCUT2D eigenvalue weighted by atomic mass is 10.0. The van der Waals surface area contributed by atoms with Crippen molar-refractivity contribution in [2.75, 3.05) is 13.2 Å². The molecule has 0 aliphatic heterocycles. The zero-order valence-electron chi connectivity index (χ0n) is 13.6. The summed E-state index contributed by atoms with van der Waals surface area (Å²) >= 11 is 6.33. The third kappa shape index (κ3) is 4.98. The SMILES string of the molecule is CCOC(=O)CCCOc1cccc(-c2cccc(CO)c2Cl)c1. The van der Waals surface area contributed by atoms with Gasteiger partial charge in [-0.2, -0.15) is 0 Å². The molecular formula is C19H21ClO4. The van der Waals surface area contributed by atoms with Crippen LogP contribution in [0.2, 0.25) is 5.02 Å². The lowest BCUT2D eigenvalue weighted by Crippen LogP contribution is -2.06. The Morgan fingerprint density at radius 1 is 1.21 bits per heavy atom. The molecule has 0 aromatic heterocycles. The highest BCUT2D eigenvalue weighted by molar-refractivity contribution is 6.34. The van der Waals surface area contributed by atoms with Crippen LogP contribution in [0.1, 0.15) is 25.3 Å². The number of benzene rings is 2. The molecule has 0 amide bonds. The molecule has 1 N–H and O–H groups in total. The van der Waals surface area contributed by atoms with Gasteiger partial charge < -0.3 is 14.6 Å². The van der Waals surface area contributed by atoms with Crippen LogP contribution in [0.5, 0.6) is 5.75 Å². The van der Waals surface area contributed by atoms with Gasteiger partial charge in [0, 0.05) is 12.0 Å². The molecule has 0 aliphatic rings. The molecule has 4 nitrogen and oxygen atoms in total. The Morgan fingerprint density at radius 2 is 2.00 bits per heavy atom. The van der Waals surface area contributed by atoms with Crippen molar-refractivity contribution in [2.45, 2.75) is 26.4 Å². The number of carbonyl (C=O) groups excluding carboxylic acids is 1. The van der Waals surface area contributed by atoms with Crippen LogP contribution in [0.25, 0.3) is 11.1 Å². The van der Waals surface area contributed by atoms with E-state index in [4.69, 9.17) is 21.1 Å². The number of rotatable bonds is 8. The van der Waals surface area contributed by atoms with E-state index < -0.39 is 0 Å². The van der Waals surface area contributed by atoms with E-state index in [1.807, 2.05) is 36.4 Å². The van der Waals surface area contributed by atoms with Gasteiger partial charge in [-0.1, -0.05) is 41.9 Å². The fourth-order valence-electron chi connectivity index (χ4n) is 2.32. The van der Waals surface area contributed by atoms with Crippen LogP contribution in [-0.2, 0) is 16.1 Å². The van der Waals surface area contributed by atoms with Crippen molar-refractivity contribution in [2.24, 2.45) is 0 Å². The molecule has 5 heteroatoms. The summed E-state index contributed by atoms with van der Waals surface area (Å²) in [7, 11) is 0. The van der Waals surface area contributed by atoms with Gasteiger partial charge in [-0.25, -0.2) is 0 Å². The molecule has 0 radical (unpaired) electrons. The zero-order chi connectivity index (χ0) is 17.4. The molecule has 0 saturated heterocycles. The van der Waals surface area contributed by atoms with Gasteiger partial charge in [0.15, 0.2) is 0 Å². The number of aliphatic hydroxyl groups excluding tert-OH is 1. The fraction of sp³-hybridized carbons (Fsp3) is 0.316. The number of carbonyl (C=O) groups is 1. The van der Waals surface area contributed by atoms with Crippen LogP contribution >= 0.6 is 11.6 Å². The number of hydrogen-bond donors (Lipinski definition) is 1. The van der Waals surface area contributed by atoms with Gasteiger partial charge >= 0.3 is 5.97 Å². The van der Waals surface area contributed by atoms with Crippen molar-refractivity contribution in [1.29, 1.82) is 0 Å². The van der Waals surface area contributed by atoms with E-state index in [0.717, 1.165) is 11.1 Å². The van der Waals surface area contributed by atoms with E-state index >= 15 is 0 Å². The van der Waals surface area contributed by atoms with Crippen LogP contribution in [0, 0.1) is 0 Å². The minimum absolute atomic E-state index is 0.100. The van der Waals surface area contributed by atoms with Crippen LogP contribution in [0.4, 0.5) is 0 Å². The number of halogens is 1. The Bertz CT molecular complexity index is 685. The van der Waals surface area contributed by atoms with Crippen molar-refractivity contribution < 1.29 is 19.4 Å². The smallest absolute Gasteiger partial charge is 0.305 e. The van der Waals surface area contributed by atoms with Gasteiger partial charge in [0.05, 0.1) is 24.8 Å². The Kier molecular flexibility index (Phi) is 7.09. The summed E-state index contributed by atoms with van der Waals surface area (Å²) in [5.41, 5.74) is 2.45. The van der Waals surface area contributed by atoms with Gasteiger partial charge in [-0.05, 0) is 36.6 Å². The Balaban J connectivity index is 2.01. The van der Waals surface area contributed by atoms with E-state index in [2.05, 4.69) is 0 Å². The Hall–Kier alpha value is -2.04. The highest BCUT2D eigenvalue weighted by Gasteiger charge is 2.08. The maximum Gasteiger partial charge on any atom is 0.305 e. The minimum Gasteiger partial charge on any atom is -0.494 e. The summed E-state index contributed by atoms with van der Waals surface area (Å²) < 4.78 is 10.6. The molecule has 0 bridgehead atoms. The van der Waals surface area contributed by atoms with Crippen LogP contribution < -0.4 is 4.74 Å². The highest BCUT2D eigenvalue weighted by Crippen LogP contribution is 2.32. The van der Waals surface area contributed by atoms with Gasteiger partial charge in [0.25, 0.3) is 0 Å². The average Bonchev–Trinajstić information content (AvgIpc) is 2.59. The van der Waals surface area contributed by atoms with E-state index in [1.165, 1.54) is 0 Å². The summed E-state index contributed by atoms with van der Waals surface area (Å²) in [4.78, 5) is 11.3. The first-order valence-electron chi connectivity index (χ1n) is 7.92. The third-order valence-electron chi connectivity index (χ3n) is 3.49. The number of aliphatic hydroxyl groups is 1. The second-order valence-electron chi connectivity index (χ2n) is 5.22. The molecule has 0 saturated carbocycles. The topological polar surface area (TPSA) is 55.8 Å². The van der Waals surface area contributed by atoms with Crippen molar-refractivity contribution in [1.82, 2.24) is 0 Å². The number of ether oxygens (including phenoxy) is 2.